The molecule has 0 atom stereocenters. The summed E-state index contributed by atoms with van der Waals surface area (Å²) in [6.07, 6.45) is 4.34. The fourth-order valence-electron chi connectivity index (χ4n) is 2.51. The Labute approximate surface area is 116 Å². The summed E-state index contributed by atoms with van der Waals surface area (Å²) in [5.41, 5.74) is -0.371. The van der Waals surface area contributed by atoms with Crippen LogP contribution in [0.15, 0.2) is 18.3 Å². The van der Waals surface area contributed by atoms with Gasteiger partial charge in [0.25, 0.3) is 0 Å². The molecule has 2 N–H and O–H groups in total. The average molecular weight is 283 g/mol. The first-order valence-electron chi connectivity index (χ1n) is 6.17. The molecule has 5 nitrogen and oxygen atoms in total. The number of anilines is 1. The van der Waals surface area contributed by atoms with Crippen LogP contribution in [0.3, 0.4) is 0 Å². The van der Waals surface area contributed by atoms with E-state index in [2.05, 4.69) is 10.3 Å². The van der Waals surface area contributed by atoms with Gasteiger partial charge in [0.2, 0.25) is 5.91 Å². The minimum Gasteiger partial charge on any atom is -0.481 e. The lowest BCUT2D eigenvalue weighted by Crippen LogP contribution is -2.32. The standard InChI is InChI=1S/C13H15ClN2O3/c14-10-7-9(3-6-15-10)16-11(17)8-13(12(18)19)4-1-2-5-13/h3,6-7H,1-2,4-5,8H2,(H,18,19)(H,15,16,17). The van der Waals surface area contributed by atoms with Gasteiger partial charge in [0, 0.05) is 18.3 Å². The maximum atomic E-state index is 12.0. The van der Waals surface area contributed by atoms with Gasteiger partial charge in [-0.05, 0) is 25.0 Å². The lowest BCUT2D eigenvalue weighted by Gasteiger charge is -2.22. The molecule has 0 aromatic carbocycles. The van der Waals surface area contributed by atoms with Gasteiger partial charge in [-0.1, -0.05) is 24.4 Å². The summed E-state index contributed by atoms with van der Waals surface area (Å²) in [6, 6.07) is 3.15. The third-order valence-electron chi connectivity index (χ3n) is 3.52. The Morgan fingerprint density at radius 3 is 2.68 bits per heavy atom. The number of rotatable bonds is 4. The first kappa shape index (κ1) is 13.8. The van der Waals surface area contributed by atoms with E-state index in [4.69, 9.17) is 11.6 Å². The van der Waals surface area contributed by atoms with Crippen LogP contribution in [0, 0.1) is 5.41 Å². The lowest BCUT2D eigenvalue weighted by molar-refractivity contribution is -0.150. The quantitative estimate of drug-likeness (QED) is 0.832. The Hall–Kier alpha value is -1.62. The molecule has 0 saturated heterocycles. The third kappa shape index (κ3) is 3.23. The van der Waals surface area contributed by atoms with Gasteiger partial charge in [-0.2, -0.15) is 0 Å². The number of halogens is 1. The van der Waals surface area contributed by atoms with E-state index < -0.39 is 11.4 Å². The Morgan fingerprint density at radius 2 is 2.11 bits per heavy atom. The van der Waals surface area contributed by atoms with E-state index in [9.17, 15) is 14.7 Å². The molecule has 0 bridgehead atoms. The zero-order valence-electron chi connectivity index (χ0n) is 10.4. The van der Waals surface area contributed by atoms with Crippen molar-refractivity contribution < 1.29 is 14.7 Å². The van der Waals surface area contributed by atoms with E-state index in [1.807, 2.05) is 0 Å². The highest BCUT2D eigenvalue weighted by atomic mass is 35.5. The first-order valence-corrected chi connectivity index (χ1v) is 6.54. The summed E-state index contributed by atoms with van der Waals surface area (Å²) in [5.74, 6) is -1.18. The second-order valence-electron chi connectivity index (χ2n) is 4.88. The predicted octanol–water partition coefficient (Wildman–Crippen LogP) is 2.71. The molecule has 1 aliphatic rings. The minimum absolute atomic E-state index is 0.00226. The van der Waals surface area contributed by atoms with Crippen LogP contribution in [-0.4, -0.2) is 22.0 Å². The summed E-state index contributed by atoms with van der Waals surface area (Å²) in [4.78, 5) is 27.1. The monoisotopic (exact) mass is 282 g/mol. The number of hydrogen-bond donors (Lipinski definition) is 2. The van der Waals surface area contributed by atoms with Crippen LogP contribution in [0.4, 0.5) is 5.69 Å². The topological polar surface area (TPSA) is 79.3 Å². The molecule has 0 radical (unpaired) electrons. The molecular weight excluding hydrogens is 268 g/mol. The number of carboxylic acids is 1. The molecule has 2 rings (SSSR count). The van der Waals surface area contributed by atoms with Crippen molar-refractivity contribution in [1.29, 1.82) is 0 Å². The summed E-state index contributed by atoms with van der Waals surface area (Å²) >= 11 is 5.72. The van der Waals surface area contributed by atoms with Gasteiger partial charge in [0.05, 0.1) is 5.41 Å². The van der Waals surface area contributed by atoms with Crippen molar-refractivity contribution in [3.8, 4) is 0 Å². The fraction of sp³-hybridized carbons (Fsp3) is 0.462. The largest absolute Gasteiger partial charge is 0.481 e. The maximum absolute atomic E-state index is 12.0. The number of pyridine rings is 1. The number of hydrogen-bond acceptors (Lipinski definition) is 3. The molecule has 1 heterocycles. The van der Waals surface area contributed by atoms with E-state index >= 15 is 0 Å². The van der Waals surface area contributed by atoms with Crippen molar-refractivity contribution in [2.45, 2.75) is 32.1 Å². The molecule has 1 aliphatic carbocycles. The van der Waals surface area contributed by atoms with Gasteiger partial charge in [0.1, 0.15) is 5.15 Å². The van der Waals surface area contributed by atoms with Crippen molar-refractivity contribution in [3.05, 3.63) is 23.5 Å². The van der Waals surface area contributed by atoms with Crippen molar-refractivity contribution in [3.63, 3.8) is 0 Å². The minimum atomic E-state index is -0.902. The van der Waals surface area contributed by atoms with Gasteiger partial charge >= 0.3 is 5.97 Å². The van der Waals surface area contributed by atoms with Crippen molar-refractivity contribution >= 4 is 29.2 Å². The second-order valence-corrected chi connectivity index (χ2v) is 5.27. The number of nitrogens with zero attached hydrogens (tertiary/aromatic N) is 1. The highest BCUT2D eigenvalue weighted by Crippen LogP contribution is 2.41. The molecule has 1 fully saturated rings. The smallest absolute Gasteiger partial charge is 0.310 e. The van der Waals surface area contributed by atoms with Gasteiger partial charge in [-0.15, -0.1) is 0 Å². The summed E-state index contributed by atoms with van der Waals surface area (Å²) < 4.78 is 0. The van der Waals surface area contributed by atoms with Crippen molar-refractivity contribution in [2.24, 2.45) is 5.41 Å². The molecule has 0 spiro atoms. The van der Waals surface area contributed by atoms with Crippen LogP contribution >= 0.6 is 11.6 Å². The molecular formula is C13H15ClN2O3. The van der Waals surface area contributed by atoms with Gasteiger partial charge < -0.3 is 10.4 Å². The van der Waals surface area contributed by atoms with Gasteiger partial charge in [0.15, 0.2) is 0 Å². The van der Waals surface area contributed by atoms with Crippen LogP contribution in [0.1, 0.15) is 32.1 Å². The Bertz CT molecular complexity index is 498. The SMILES string of the molecule is O=C(CC1(C(=O)O)CCCC1)Nc1ccnc(Cl)c1. The maximum Gasteiger partial charge on any atom is 0.310 e. The van der Waals surface area contributed by atoms with Crippen molar-refractivity contribution in [1.82, 2.24) is 4.98 Å². The molecule has 1 amide bonds. The highest BCUT2D eigenvalue weighted by molar-refractivity contribution is 6.29. The molecule has 6 heteroatoms. The summed E-state index contributed by atoms with van der Waals surface area (Å²) in [6.45, 7) is 0. The second kappa shape index (κ2) is 5.57. The van der Waals surface area contributed by atoms with E-state index in [1.165, 1.54) is 12.3 Å². The van der Waals surface area contributed by atoms with E-state index in [1.54, 1.807) is 6.07 Å². The molecule has 19 heavy (non-hydrogen) atoms. The van der Waals surface area contributed by atoms with Crippen LogP contribution in [-0.2, 0) is 9.59 Å². The van der Waals surface area contributed by atoms with Crippen molar-refractivity contribution in [2.75, 3.05) is 5.32 Å². The predicted molar refractivity (Wildman–Crippen MR) is 71.0 cm³/mol. The molecule has 1 aromatic heterocycles. The zero-order chi connectivity index (χ0) is 13.9. The molecule has 102 valence electrons. The zero-order valence-corrected chi connectivity index (χ0v) is 11.1. The number of carbonyl (C=O) groups is 2. The number of aromatic nitrogens is 1. The number of amides is 1. The van der Waals surface area contributed by atoms with Crippen LogP contribution in [0.2, 0.25) is 5.15 Å². The van der Waals surface area contributed by atoms with Crippen LogP contribution in [0.5, 0.6) is 0 Å². The summed E-state index contributed by atoms with van der Waals surface area (Å²) in [5, 5.41) is 12.3. The molecule has 1 saturated carbocycles. The van der Waals surface area contributed by atoms with Gasteiger partial charge in [-0.25, -0.2) is 4.98 Å². The lowest BCUT2D eigenvalue weighted by atomic mass is 9.82. The normalized spacial score (nSPS) is 17.1. The van der Waals surface area contributed by atoms with Gasteiger partial charge in [-0.3, -0.25) is 9.59 Å². The number of carbonyl (C=O) groups excluding carboxylic acids is 1. The van der Waals surface area contributed by atoms with E-state index in [0.717, 1.165) is 12.8 Å². The number of nitrogens with one attached hydrogen (secondary N) is 1. The van der Waals surface area contributed by atoms with Crippen LogP contribution < -0.4 is 5.32 Å². The Kier molecular flexibility index (Phi) is 4.04. The Morgan fingerprint density at radius 1 is 1.42 bits per heavy atom. The highest BCUT2D eigenvalue weighted by Gasteiger charge is 2.42. The summed E-state index contributed by atoms with van der Waals surface area (Å²) in [7, 11) is 0. The molecule has 0 aliphatic heterocycles. The fourth-order valence-corrected chi connectivity index (χ4v) is 2.68. The number of aliphatic carboxylic acids is 1. The molecule has 1 aromatic rings. The van der Waals surface area contributed by atoms with E-state index in [0.29, 0.717) is 18.5 Å². The first-order chi connectivity index (χ1) is 9.02. The number of carboxylic acid groups (broad SMARTS) is 1. The molecule has 0 unspecified atom stereocenters. The Balaban J connectivity index is 2.02. The van der Waals surface area contributed by atoms with E-state index in [-0.39, 0.29) is 17.5 Å². The van der Waals surface area contributed by atoms with Crippen LogP contribution in [0.25, 0.3) is 0 Å². The third-order valence-corrected chi connectivity index (χ3v) is 3.73. The average Bonchev–Trinajstić information content (AvgIpc) is 2.78.